The van der Waals surface area contributed by atoms with Crippen molar-refractivity contribution < 1.29 is 0 Å². The molecule has 2 fully saturated rings. The third kappa shape index (κ3) is 1.34. The quantitative estimate of drug-likeness (QED) is 0.564. The monoisotopic (exact) mass is 139 g/mol. The summed E-state index contributed by atoms with van der Waals surface area (Å²) in [6, 6.07) is 0. The van der Waals surface area contributed by atoms with Gasteiger partial charge in [0.05, 0.1) is 0 Å². The smallest absolute Gasteiger partial charge is 0.000967 e. The standard InChI is InChI=1S/C9H17N/c1-2-5-9(4-1)8-10-6-3-7-10/h9H,1-8H2. The molecule has 1 nitrogen and oxygen atoms in total. The van der Waals surface area contributed by atoms with Crippen LogP contribution in [0.3, 0.4) is 0 Å². The van der Waals surface area contributed by atoms with Crippen LogP contribution in [0.1, 0.15) is 32.1 Å². The van der Waals surface area contributed by atoms with Crippen LogP contribution in [-0.4, -0.2) is 24.5 Å². The van der Waals surface area contributed by atoms with Crippen LogP contribution in [0.5, 0.6) is 0 Å². The van der Waals surface area contributed by atoms with Crippen LogP contribution >= 0.6 is 0 Å². The van der Waals surface area contributed by atoms with E-state index < -0.39 is 0 Å². The molecule has 10 heavy (non-hydrogen) atoms. The van der Waals surface area contributed by atoms with Crippen molar-refractivity contribution in [3.8, 4) is 0 Å². The van der Waals surface area contributed by atoms with Crippen LogP contribution in [0.15, 0.2) is 0 Å². The van der Waals surface area contributed by atoms with Crippen LogP contribution in [-0.2, 0) is 0 Å². The molecule has 0 aromatic carbocycles. The summed E-state index contributed by atoms with van der Waals surface area (Å²) in [4.78, 5) is 2.61. The van der Waals surface area contributed by atoms with Gasteiger partial charge in [0, 0.05) is 6.54 Å². The van der Waals surface area contributed by atoms with Crippen molar-refractivity contribution in [2.45, 2.75) is 32.1 Å². The first-order valence-electron chi connectivity index (χ1n) is 4.67. The molecule has 0 unspecified atom stereocenters. The molecule has 1 heterocycles. The maximum Gasteiger partial charge on any atom is 0.000967 e. The van der Waals surface area contributed by atoms with Crippen molar-refractivity contribution in [2.75, 3.05) is 19.6 Å². The SMILES string of the molecule is C1CCC(CN2CCC2)C1. The van der Waals surface area contributed by atoms with E-state index in [-0.39, 0.29) is 0 Å². The highest BCUT2D eigenvalue weighted by atomic mass is 15.2. The van der Waals surface area contributed by atoms with E-state index in [4.69, 9.17) is 0 Å². The number of likely N-dealkylation sites (tertiary alicyclic amines) is 1. The van der Waals surface area contributed by atoms with Crippen LogP contribution in [0.25, 0.3) is 0 Å². The van der Waals surface area contributed by atoms with Gasteiger partial charge in [-0.15, -0.1) is 0 Å². The lowest BCUT2D eigenvalue weighted by Crippen LogP contribution is -2.39. The first-order chi connectivity index (χ1) is 4.95. The van der Waals surface area contributed by atoms with E-state index in [1.807, 2.05) is 0 Å². The zero-order chi connectivity index (χ0) is 6.81. The summed E-state index contributed by atoms with van der Waals surface area (Å²) < 4.78 is 0. The highest BCUT2D eigenvalue weighted by Crippen LogP contribution is 2.26. The minimum Gasteiger partial charge on any atom is -0.303 e. The fraction of sp³-hybridized carbons (Fsp3) is 1.00. The van der Waals surface area contributed by atoms with Crippen molar-refractivity contribution in [2.24, 2.45) is 5.92 Å². The summed E-state index contributed by atoms with van der Waals surface area (Å²) in [5.41, 5.74) is 0. The van der Waals surface area contributed by atoms with Crippen LogP contribution in [0, 0.1) is 5.92 Å². The molecule has 1 heteroatoms. The number of hydrogen-bond acceptors (Lipinski definition) is 1. The Hall–Kier alpha value is -0.0400. The van der Waals surface area contributed by atoms with E-state index in [0.717, 1.165) is 5.92 Å². The summed E-state index contributed by atoms with van der Waals surface area (Å²) in [5, 5.41) is 0. The molecule has 0 radical (unpaired) electrons. The Morgan fingerprint density at radius 2 is 1.70 bits per heavy atom. The summed E-state index contributed by atoms with van der Waals surface area (Å²) in [7, 11) is 0. The lowest BCUT2D eigenvalue weighted by atomic mass is 10.1. The third-order valence-electron chi connectivity index (χ3n) is 2.94. The van der Waals surface area contributed by atoms with Gasteiger partial charge in [0.15, 0.2) is 0 Å². The zero-order valence-electron chi connectivity index (χ0n) is 6.68. The van der Waals surface area contributed by atoms with Crippen LogP contribution in [0.2, 0.25) is 0 Å². The second-order valence-corrected chi connectivity index (χ2v) is 3.80. The summed E-state index contributed by atoms with van der Waals surface area (Å²) in [5.74, 6) is 1.07. The van der Waals surface area contributed by atoms with E-state index in [2.05, 4.69) is 4.90 Å². The Morgan fingerprint density at radius 1 is 1.00 bits per heavy atom. The lowest BCUT2D eigenvalue weighted by molar-refractivity contribution is 0.153. The Labute approximate surface area is 63.4 Å². The normalized spacial score (nSPS) is 28.8. The molecule has 0 atom stereocenters. The average molecular weight is 139 g/mol. The molecule has 1 saturated heterocycles. The average Bonchev–Trinajstić information content (AvgIpc) is 2.29. The van der Waals surface area contributed by atoms with Gasteiger partial charge in [-0.25, -0.2) is 0 Å². The minimum absolute atomic E-state index is 1.07. The Balaban J connectivity index is 1.68. The summed E-state index contributed by atoms with van der Waals surface area (Å²) in [6.07, 6.45) is 7.47. The molecule has 0 spiro atoms. The molecule has 0 aromatic rings. The molecule has 2 rings (SSSR count). The predicted molar refractivity (Wildman–Crippen MR) is 43.0 cm³/mol. The molecule has 1 aliphatic heterocycles. The van der Waals surface area contributed by atoms with Gasteiger partial charge in [0.1, 0.15) is 0 Å². The second kappa shape index (κ2) is 2.91. The Morgan fingerprint density at radius 3 is 2.20 bits per heavy atom. The third-order valence-corrected chi connectivity index (χ3v) is 2.94. The second-order valence-electron chi connectivity index (χ2n) is 3.80. The first-order valence-corrected chi connectivity index (χ1v) is 4.67. The lowest BCUT2D eigenvalue weighted by Gasteiger charge is -2.32. The molecule has 2 aliphatic rings. The van der Waals surface area contributed by atoms with Crippen molar-refractivity contribution in [1.29, 1.82) is 0 Å². The number of nitrogens with zero attached hydrogens (tertiary/aromatic N) is 1. The zero-order valence-corrected chi connectivity index (χ0v) is 6.68. The topological polar surface area (TPSA) is 3.24 Å². The maximum absolute atomic E-state index is 2.61. The van der Waals surface area contributed by atoms with Gasteiger partial charge in [-0.2, -0.15) is 0 Å². The highest BCUT2D eigenvalue weighted by molar-refractivity contribution is 4.75. The molecule has 1 saturated carbocycles. The van der Waals surface area contributed by atoms with E-state index >= 15 is 0 Å². The predicted octanol–water partition coefficient (Wildman–Crippen LogP) is 1.88. The van der Waals surface area contributed by atoms with Crippen molar-refractivity contribution in [3.63, 3.8) is 0 Å². The molecule has 1 aliphatic carbocycles. The van der Waals surface area contributed by atoms with Crippen molar-refractivity contribution in [3.05, 3.63) is 0 Å². The fourth-order valence-corrected chi connectivity index (χ4v) is 2.12. The van der Waals surface area contributed by atoms with Gasteiger partial charge in [0.2, 0.25) is 0 Å². The van der Waals surface area contributed by atoms with Gasteiger partial charge < -0.3 is 4.90 Å². The van der Waals surface area contributed by atoms with Gasteiger partial charge in [-0.1, -0.05) is 12.8 Å². The molecule has 0 bridgehead atoms. The van der Waals surface area contributed by atoms with Gasteiger partial charge >= 0.3 is 0 Å². The molecular weight excluding hydrogens is 122 g/mol. The Kier molecular flexibility index (Phi) is 1.94. The summed E-state index contributed by atoms with van der Waals surface area (Å²) >= 11 is 0. The molecular formula is C9H17N. The fourth-order valence-electron chi connectivity index (χ4n) is 2.12. The van der Waals surface area contributed by atoms with Gasteiger partial charge in [0.25, 0.3) is 0 Å². The number of rotatable bonds is 2. The van der Waals surface area contributed by atoms with Crippen LogP contribution < -0.4 is 0 Å². The van der Waals surface area contributed by atoms with E-state index in [1.54, 1.807) is 0 Å². The van der Waals surface area contributed by atoms with Gasteiger partial charge in [-0.3, -0.25) is 0 Å². The van der Waals surface area contributed by atoms with E-state index in [1.165, 1.54) is 51.7 Å². The molecule has 0 aromatic heterocycles. The highest BCUT2D eigenvalue weighted by Gasteiger charge is 2.21. The summed E-state index contributed by atoms with van der Waals surface area (Å²) in [6.45, 7) is 4.19. The van der Waals surface area contributed by atoms with E-state index in [0.29, 0.717) is 0 Å². The number of hydrogen-bond donors (Lipinski definition) is 0. The Bertz CT molecular complexity index is 101. The molecule has 0 amide bonds. The van der Waals surface area contributed by atoms with Crippen molar-refractivity contribution in [1.82, 2.24) is 4.90 Å². The largest absolute Gasteiger partial charge is 0.303 e. The van der Waals surface area contributed by atoms with Crippen molar-refractivity contribution >= 4 is 0 Å². The minimum atomic E-state index is 1.07. The first kappa shape index (κ1) is 6.66. The van der Waals surface area contributed by atoms with E-state index in [9.17, 15) is 0 Å². The molecule has 0 N–H and O–H groups in total. The molecule has 58 valence electrons. The van der Waals surface area contributed by atoms with Gasteiger partial charge in [-0.05, 0) is 38.3 Å². The van der Waals surface area contributed by atoms with Crippen LogP contribution in [0.4, 0.5) is 0 Å². The maximum atomic E-state index is 2.61.